The number of carbonyl (C=O) groups excluding carboxylic acids is 1. The van der Waals surface area contributed by atoms with Gasteiger partial charge in [-0.2, -0.15) is 0 Å². The fourth-order valence-corrected chi connectivity index (χ4v) is 5.61. The lowest BCUT2D eigenvalue weighted by molar-refractivity contribution is 0.0991. The third kappa shape index (κ3) is 4.05. The molecule has 7 rings (SSSR count). The summed E-state index contributed by atoms with van der Waals surface area (Å²) < 4.78 is 0. The third-order valence-electron chi connectivity index (χ3n) is 7.43. The van der Waals surface area contributed by atoms with E-state index in [9.17, 15) is 4.79 Å². The fraction of sp³-hybridized carbons (Fsp3) is 0.0278. The summed E-state index contributed by atoms with van der Waals surface area (Å²) in [5.74, 6) is 0.0633. The maximum Gasteiger partial charge on any atom is 0.259 e. The predicted molar refractivity (Wildman–Crippen MR) is 161 cm³/mol. The number of amides is 1. The lowest BCUT2D eigenvalue weighted by Crippen LogP contribution is -2.25. The second kappa shape index (κ2) is 9.62. The molecule has 3 heteroatoms. The molecule has 1 aliphatic rings. The highest BCUT2D eigenvalue weighted by Gasteiger charge is 2.30. The van der Waals surface area contributed by atoms with Gasteiger partial charge in [0.2, 0.25) is 0 Å². The molecule has 0 atom stereocenters. The molecule has 0 aromatic heterocycles. The summed E-state index contributed by atoms with van der Waals surface area (Å²) in [7, 11) is 0. The first-order valence-electron chi connectivity index (χ1n) is 13.2. The van der Waals surface area contributed by atoms with E-state index in [2.05, 4.69) is 108 Å². The molecule has 0 unspecified atom stereocenters. The number of hydrogen-bond acceptors (Lipinski definition) is 2. The van der Waals surface area contributed by atoms with Crippen molar-refractivity contribution in [2.75, 3.05) is 9.80 Å². The van der Waals surface area contributed by atoms with Gasteiger partial charge in [0, 0.05) is 28.0 Å². The predicted octanol–water partition coefficient (Wildman–Crippen LogP) is 9.14. The van der Waals surface area contributed by atoms with Crippen LogP contribution in [0, 0.1) is 0 Å². The van der Waals surface area contributed by atoms with Crippen LogP contribution in [-0.2, 0) is 6.54 Å². The van der Waals surface area contributed by atoms with Crippen molar-refractivity contribution in [3.8, 4) is 11.1 Å². The monoisotopic (exact) mass is 502 g/mol. The van der Waals surface area contributed by atoms with Crippen molar-refractivity contribution < 1.29 is 4.79 Å². The first kappa shape index (κ1) is 23.0. The lowest BCUT2D eigenvalue weighted by Gasteiger charge is -2.25. The van der Waals surface area contributed by atoms with Gasteiger partial charge in [0.1, 0.15) is 0 Å². The molecule has 3 nitrogen and oxygen atoms in total. The van der Waals surface area contributed by atoms with Gasteiger partial charge in [0.05, 0.1) is 12.2 Å². The molecule has 0 spiro atoms. The van der Waals surface area contributed by atoms with Gasteiger partial charge in [-0.15, -0.1) is 0 Å². The Hall–Kier alpha value is -5.15. The molecular formula is C36H26N2O. The van der Waals surface area contributed by atoms with E-state index in [1.807, 2.05) is 47.4 Å². The molecule has 6 aromatic rings. The Morgan fingerprint density at radius 3 is 1.74 bits per heavy atom. The summed E-state index contributed by atoms with van der Waals surface area (Å²) in [5, 5.41) is 2.14. The van der Waals surface area contributed by atoms with Crippen LogP contribution < -0.4 is 9.80 Å². The highest BCUT2D eigenvalue weighted by molar-refractivity contribution is 6.26. The lowest BCUT2D eigenvalue weighted by atomic mass is 9.95. The van der Waals surface area contributed by atoms with Gasteiger partial charge < -0.3 is 9.80 Å². The van der Waals surface area contributed by atoms with E-state index >= 15 is 0 Å². The van der Waals surface area contributed by atoms with Crippen LogP contribution in [-0.4, -0.2) is 5.91 Å². The molecule has 0 saturated heterocycles. The minimum Gasteiger partial charge on any atom is -0.311 e. The summed E-state index contributed by atoms with van der Waals surface area (Å²) in [5.41, 5.74) is 8.43. The average Bonchev–Trinajstić information content (AvgIpc) is 3.27. The second-order valence-corrected chi connectivity index (χ2v) is 9.79. The van der Waals surface area contributed by atoms with E-state index in [-0.39, 0.29) is 5.91 Å². The average molecular weight is 503 g/mol. The molecule has 186 valence electrons. The van der Waals surface area contributed by atoms with Crippen LogP contribution >= 0.6 is 0 Å². The van der Waals surface area contributed by atoms with E-state index in [1.54, 1.807) is 0 Å². The number of rotatable bonds is 6. The Kier molecular flexibility index (Phi) is 5.68. The molecule has 1 aliphatic heterocycles. The van der Waals surface area contributed by atoms with Crippen molar-refractivity contribution in [3.63, 3.8) is 0 Å². The van der Waals surface area contributed by atoms with Crippen LogP contribution in [0.2, 0.25) is 0 Å². The minimum atomic E-state index is 0.0633. The van der Waals surface area contributed by atoms with Gasteiger partial charge in [0.15, 0.2) is 0 Å². The maximum absolute atomic E-state index is 13.4. The molecule has 0 saturated carbocycles. The molecule has 0 aliphatic carbocycles. The van der Waals surface area contributed by atoms with Gasteiger partial charge in [-0.25, -0.2) is 0 Å². The highest BCUT2D eigenvalue weighted by Crippen LogP contribution is 2.43. The van der Waals surface area contributed by atoms with E-state index in [0.29, 0.717) is 6.54 Å². The first-order chi connectivity index (χ1) is 19.3. The summed E-state index contributed by atoms with van der Waals surface area (Å²) >= 11 is 0. The topological polar surface area (TPSA) is 23.6 Å². The quantitative estimate of drug-likeness (QED) is 0.227. The van der Waals surface area contributed by atoms with Crippen molar-refractivity contribution >= 4 is 39.4 Å². The molecule has 1 amide bonds. The summed E-state index contributed by atoms with van der Waals surface area (Å²) in [6.45, 7) is 0.562. The molecule has 0 bridgehead atoms. The summed E-state index contributed by atoms with van der Waals surface area (Å²) in [6, 6.07) is 50.0. The molecule has 0 radical (unpaired) electrons. The van der Waals surface area contributed by atoms with Crippen LogP contribution in [0.15, 0.2) is 146 Å². The van der Waals surface area contributed by atoms with Crippen LogP contribution in [0.5, 0.6) is 0 Å². The zero-order valence-electron chi connectivity index (χ0n) is 21.4. The SMILES string of the molecule is O=C1c2cccc3c(-c4ccc(N(c5ccccc5)c5ccccc5)cc4)ccc(c23)N1Cc1ccccc1. The summed E-state index contributed by atoms with van der Waals surface area (Å²) in [6.07, 6.45) is 0. The van der Waals surface area contributed by atoms with Crippen LogP contribution in [0.3, 0.4) is 0 Å². The molecule has 0 fully saturated rings. The van der Waals surface area contributed by atoms with Gasteiger partial charge >= 0.3 is 0 Å². The van der Waals surface area contributed by atoms with Gasteiger partial charge in [-0.05, 0) is 70.6 Å². The van der Waals surface area contributed by atoms with Crippen molar-refractivity contribution in [1.82, 2.24) is 0 Å². The van der Waals surface area contributed by atoms with E-state index in [4.69, 9.17) is 0 Å². The zero-order chi connectivity index (χ0) is 26.2. The number of carbonyl (C=O) groups is 1. The van der Waals surface area contributed by atoms with E-state index in [0.717, 1.165) is 55.8 Å². The number of para-hydroxylation sites is 2. The Morgan fingerprint density at radius 2 is 1.10 bits per heavy atom. The molecule has 1 heterocycles. The van der Waals surface area contributed by atoms with Gasteiger partial charge in [0.25, 0.3) is 5.91 Å². The van der Waals surface area contributed by atoms with Crippen LogP contribution in [0.25, 0.3) is 21.9 Å². The second-order valence-electron chi connectivity index (χ2n) is 9.79. The van der Waals surface area contributed by atoms with E-state index < -0.39 is 0 Å². The smallest absolute Gasteiger partial charge is 0.259 e. The Labute approximate surface area is 228 Å². The normalized spacial score (nSPS) is 12.2. The van der Waals surface area contributed by atoms with Gasteiger partial charge in [-0.3, -0.25) is 4.79 Å². The minimum absolute atomic E-state index is 0.0633. The number of hydrogen-bond donors (Lipinski definition) is 0. The molecule has 6 aromatic carbocycles. The Balaban J connectivity index is 1.28. The Morgan fingerprint density at radius 1 is 0.513 bits per heavy atom. The van der Waals surface area contributed by atoms with Crippen LogP contribution in [0.1, 0.15) is 15.9 Å². The Bertz CT molecular complexity index is 1740. The van der Waals surface area contributed by atoms with Crippen molar-refractivity contribution in [3.05, 3.63) is 157 Å². The standard InChI is InChI=1S/C36H26N2O/c39-36-33-18-10-17-32-31(23-24-34(35(32)33)37(36)25-26-11-4-1-5-12-26)27-19-21-30(22-20-27)38(28-13-6-2-7-14-28)29-15-8-3-9-16-29/h1-24H,25H2. The number of anilines is 4. The molecular weight excluding hydrogens is 476 g/mol. The number of nitrogens with zero attached hydrogens (tertiary/aromatic N) is 2. The zero-order valence-corrected chi connectivity index (χ0v) is 21.4. The first-order valence-corrected chi connectivity index (χ1v) is 13.2. The number of benzene rings is 6. The van der Waals surface area contributed by atoms with Crippen molar-refractivity contribution in [1.29, 1.82) is 0 Å². The maximum atomic E-state index is 13.4. The summed E-state index contributed by atoms with van der Waals surface area (Å²) in [4.78, 5) is 17.6. The van der Waals surface area contributed by atoms with Gasteiger partial charge in [-0.1, -0.05) is 97.1 Å². The molecule has 0 N–H and O–H groups in total. The van der Waals surface area contributed by atoms with Crippen molar-refractivity contribution in [2.45, 2.75) is 6.54 Å². The van der Waals surface area contributed by atoms with Crippen molar-refractivity contribution in [2.24, 2.45) is 0 Å². The largest absolute Gasteiger partial charge is 0.311 e. The highest BCUT2D eigenvalue weighted by atomic mass is 16.2. The fourth-order valence-electron chi connectivity index (χ4n) is 5.61. The van der Waals surface area contributed by atoms with E-state index in [1.165, 1.54) is 0 Å². The molecule has 39 heavy (non-hydrogen) atoms. The third-order valence-corrected chi connectivity index (χ3v) is 7.43. The van der Waals surface area contributed by atoms with Crippen LogP contribution in [0.4, 0.5) is 22.7 Å².